The Labute approximate surface area is 192 Å². The van der Waals surface area contributed by atoms with E-state index in [4.69, 9.17) is 0 Å². The van der Waals surface area contributed by atoms with Gasteiger partial charge in [-0.05, 0) is 43.4 Å². The molecule has 0 aliphatic heterocycles. The lowest BCUT2D eigenvalue weighted by Crippen LogP contribution is -2.26. The highest BCUT2D eigenvalue weighted by molar-refractivity contribution is 7.89. The van der Waals surface area contributed by atoms with Crippen LogP contribution in [0.2, 0.25) is 0 Å². The first kappa shape index (κ1) is 24.5. The molecular formula is C22H29N3O5S2. The van der Waals surface area contributed by atoms with E-state index >= 15 is 0 Å². The molecule has 3 rings (SSSR count). The predicted molar refractivity (Wildman–Crippen MR) is 125 cm³/mol. The van der Waals surface area contributed by atoms with Crippen LogP contribution in [0.5, 0.6) is 0 Å². The molecule has 1 amide bonds. The van der Waals surface area contributed by atoms with Gasteiger partial charge in [0.25, 0.3) is 5.91 Å². The SMILES string of the molecule is CCNS(=O)(=O)c1ccc(C(=CC2CCCC2)C(=O)Nc2nc(C(C)(O)CO)cs2)cc1. The Morgan fingerprint density at radius 1 is 1.28 bits per heavy atom. The molecule has 10 heteroatoms. The van der Waals surface area contributed by atoms with Crippen LogP contribution in [0.4, 0.5) is 5.13 Å². The van der Waals surface area contributed by atoms with Crippen molar-refractivity contribution in [3.05, 3.63) is 47.0 Å². The molecular weight excluding hydrogens is 450 g/mol. The van der Waals surface area contributed by atoms with Crippen LogP contribution >= 0.6 is 11.3 Å². The Morgan fingerprint density at radius 2 is 1.94 bits per heavy atom. The number of sulfonamides is 1. The lowest BCUT2D eigenvalue weighted by Gasteiger charge is -2.17. The lowest BCUT2D eigenvalue weighted by atomic mass is 9.98. The third-order valence-corrected chi connectivity index (χ3v) is 7.76. The first-order valence-electron chi connectivity index (χ1n) is 10.6. The summed E-state index contributed by atoms with van der Waals surface area (Å²) >= 11 is 1.16. The molecule has 0 radical (unpaired) electrons. The van der Waals surface area contributed by atoms with E-state index in [1.807, 2.05) is 6.08 Å². The largest absolute Gasteiger partial charge is 0.393 e. The Morgan fingerprint density at radius 3 is 2.53 bits per heavy atom. The standard InChI is InChI=1S/C22H29N3O5S2/c1-3-23-32(29,30)17-10-8-16(9-11-17)18(12-15-6-4-5-7-15)20(27)25-21-24-19(13-31-21)22(2,28)14-26/h8-13,15,23,26,28H,3-7,14H2,1-2H3,(H,24,25,27). The van der Waals surface area contributed by atoms with Gasteiger partial charge in [-0.3, -0.25) is 10.1 Å². The fourth-order valence-electron chi connectivity index (χ4n) is 3.57. The number of carbonyl (C=O) groups excluding carboxylic acids is 1. The molecule has 1 heterocycles. The van der Waals surface area contributed by atoms with Crippen molar-refractivity contribution in [2.24, 2.45) is 5.92 Å². The Kier molecular flexibility index (Phi) is 7.84. The van der Waals surface area contributed by atoms with Crippen LogP contribution in [-0.4, -0.2) is 42.7 Å². The molecule has 1 aliphatic carbocycles. The van der Waals surface area contributed by atoms with E-state index in [2.05, 4.69) is 15.0 Å². The molecule has 32 heavy (non-hydrogen) atoms. The first-order valence-corrected chi connectivity index (χ1v) is 12.9. The molecule has 1 fully saturated rings. The van der Waals surface area contributed by atoms with Crippen LogP contribution in [0, 0.1) is 5.92 Å². The maximum absolute atomic E-state index is 13.2. The third-order valence-electron chi connectivity index (χ3n) is 5.44. The van der Waals surface area contributed by atoms with Crippen LogP contribution in [0.25, 0.3) is 5.57 Å². The molecule has 1 unspecified atom stereocenters. The maximum atomic E-state index is 13.2. The van der Waals surface area contributed by atoms with Crippen molar-refractivity contribution in [3.8, 4) is 0 Å². The van der Waals surface area contributed by atoms with Crippen LogP contribution < -0.4 is 10.0 Å². The second kappa shape index (κ2) is 10.2. The quantitative estimate of drug-likeness (QED) is 0.410. The van der Waals surface area contributed by atoms with Gasteiger partial charge in [0.15, 0.2) is 5.13 Å². The number of aliphatic hydroxyl groups is 2. The predicted octanol–water partition coefficient (Wildman–Crippen LogP) is 2.85. The van der Waals surface area contributed by atoms with E-state index in [-0.39, 0.29) is 29.0 Å². The topological polar surface area (TPSA) is 129 Å². The van der Waals surface area contributed by atoms with Crippen LogP contribution in [0.1, 0.15) is 50.8 Å². The van der Waals surface area contributed by atoms with E-state index in [9.17, 15) is 23.4 Å². The number of amides is 1. The molecule has 1 aromatic heterocycles. The highest BCUT2D eigenvalue weighted by Crippen LogP contribution is 2.31. The van der Waals surface area contributed by atoms with E-state index < -0.39 is 22.2 Å². The number of hydrogen-bond acceptors (Lipinski definition) is 7. The first-order chi connectivity index (χ1) is 15.2. The van der Waals surface area contributed by atoms with E-state index in [0.717, 1.165) is 37.0 Å². The second-order valence-corrected chi connectivity index (χ2v) is 10.7. The van der Waals surface area contributed by atoms with Gasteiger partial charge in [0.1, 0.15) is 5.60 Å². The number of nitrogens with zero attached hydrogens (tertiary/aromatic N) is 1. The number of aromatic nitrogens is 1. The summed E-state index contributed by atoms with van der Waals surface area (Å²) in [5, 5.41) is 24.2. The molecule has 174 valence electrons. The molecule has 4 N–H and O–H groups in total. The molecule has 1 saturated carbocycles. The molecule has 1 aliphatic rings. The number of allylic oxidation sites excluding steroid dienone is 1. The summed E-state index contributed by atoms with van der Waals surface area (Å²) in [5.74, 6) is -0.0772. The normalized spacial score (nSPS) is 17.3. The lowest BCUT2D eigenvalue weighted by molar-refractivity contribution is -0.111. The van der Waals surface area contributed by atoms with E-state index in [0.29, 0.717) is 16.3 Å². The monoisotopic (exact) mass is 479 g/mol. The van der Waals surface area contributed by atoms with Gasteiger partial charge in [0.2, 0.25) is 10.0 Å². The van der Waals surface area contributed by atoms with Gasteiger partial charge in [0, 0.05) is 17.5 Å². The molecule has 0 bridgehead atoms. The van der Waals surface area contributed by atoms with Crippen molar-refractivity contribution in [2.75, 3.05) is 18.5 Å². The zero-order chi connectivity index (χ0) is 23.4. The number of carbonyl (C=O) groups is 1. The summed E-state index contributed by atoms with van der Waals surface area (Å²) in [4.78, 5) is 17.5. The van der Waals surface area contributed by atoms with Gasteiger partial charge < -0.3 is 10.2 Å². The Hall–Kier alpha value is -2.11. The summed E-state index contributed by atoms with van der Waals surface area (Å²) in [5.41, 5.74) is -0.144. The number of rotatable bonds is 9. The summed E-state index contributed by atoms with van der Waals surface area (Å²) in [7, 11) is -3.58. The maximum Gasteiger partial charge on any atom is 0.257 e. The summed E-state index contributed by atoms with van der Waals surface area (Å²) in [6.07, 6.45) is 6.19. The van der Waals surface area contributed by atoms with Gasteiger partial charge in [-0.2, -0.15) is 0 Å². The molecule has 1 aromatic carbocycles. The summed E-state index contributed by atoms with van der Waals surface area (Å²) < 4.78 is 26.9. The van der Waals surface area contributed by atoms with Gasteiger partial charge in [0.05, 0.1) is 17.2 Å². The Bertz CT molecular complexity index is 1070. The van der Waals surface area contributed by atoms with Crippen molar-refractivity contribution < 1.29 is 23.4 Å². The zero-order valence-corrected chi connectivity index (χ0v) is 19.8. The fraction of sp³-hybridized carbons (Fsp3) is 0.455. The van der Waals surface area contributed by atoms with Crippen LogP contribution in [0.3, 0.4) is 0 Å². The third kappa shape index (κ3) is 5.81. The minimum Gasteiger partial charge on any atom is -0.393 e. The highest BCUT2D eigenvalue weighted by Gasteiger charge is 2.26. The van der Waals surface area contributed by atoms with Crippen LogP contribution in [-0.2, 0) is 20.4 Å². The molecule has 0 saturated heterocycles. The number of hydrogen-bond donors (Lipinski definition) is 4. The van der Waals surface area contributed by atoms with Crippen molar-refractivity contribution in [3.63, 3.8) is 0 Å². The number of benzene rings is 1. The summed E-state index contributed by atoms with van der Waals surface area (Å²) in [6.45, 7) is 2.96. The molecule has 1 atom stereocenters. The van der Waals surface area contributed by atoms with Gasteiger partial charge in [-0.25, -0.2) is 18.1 Å². The zero-order valence-electron chi connectivity index (χ0n) is 18.2. The van der Waals surface area contributed by atoms with Crippen molar-refractivity contribution in [2.45, 2.75) is 50.0 Å². The van der Waals surface area contributed by atoms with E-state index in [1.54, 1.807) is 24.4 Å². The molecule has 0 spiro atoms. The number of thiazole rings is 1. The minimum absolute atomic E-state index is 0.138. The molecule has 2 aromatic rings. The average molecular weight is 480 g/mol. The number of aliphatic hydroxyl groups excluding tert-OH is 1. The minimum atomic E-state index is -3.58. The average Bonchev–Trinajstić information content (AvgIpc) is 3.44. The number of anilines is 1. The highest BCUT2D eigenvalue weighted by atomic mass is 32.2. The Balaban J connectivity index is 1.87. The van der Waals surface area contributed by atoms with E-state index in [1.165, 1.54) is 19.1 Å². The summed E-state index contributed by atoms with van der Waals surface area (Å²) in [6, 6.07) is 6.24. The van der Waals surface area contributed by atoms with Gasteiger partial charge in [-0.15, -0.1) is 11.3 Å². The molecule has 8 nitrogen and oxygen atoms in total. The smallest absolute Gasteiger partial charge is 0.257 e. The van der Waals surface area contributed by atoms with Gasteiger partial charge in [-0.1, -0.05) is 38.0 Å². The van der Waals surface area contributed by atoms with Crippen molar-refractivity contribution in [1.29, 1.82) is 0 Å². The number of nitrogens with one attached hydrogen (secondary N) is 2. The van der Waals surface area contributed by atoms with Crippen LogP contribution in [0.15, 0.2) is 40.6 Å². The van der Waals surface area contributed by atoms with Gasteiger partial charge >= 0.3 is 0 Å². The van der Waals surface area contributed by atoms with Crippen molar-refractivity contribution in [1.82, 2.24) is 9.71 Å². The van der Waals surface area contributed by atoms with Crippen molar-refractivity contribution >= 4 is 38.0 Å². The fourth-order valence-corrected chi connectivity index (χ4v) is 5.45. The second-order valence-electron chi connectivity index (χ2n) is 8.07.